The summed E-state index contributed by atoms with van der Waals surface area (Å²) in [6.45, 7) is 0.744. The van der Waals surface area contributed by atoms with Gasteiger partial charge >= 0.3 is 5.82 Å². The standard InChI is InChI=1S/C9H14N4O3/c1-11-6-10-8(13(15)16)9(11)12-4-2-3-7(12)5-14/h6-7,14H,2-5H2,1H3. The highest BCUT2D eigenvalue weighted by molar-refractivity contribution is 5.56. The molecule has 0 spiro atoms. The number of hydrogen-bond acceptors (Lipinski definition) is 5. The van der Waals surface area contributed by atoms with E-state index < -0.39 is 4.92 Å². The second kappa shape index (κ2) is 4.09. The minimum atomic E-state index is -0.484. The van der Waals surface area contributed by atoms with Crippen molar-refractivity contribution >= 4 is 11.6 Å². The van der Waals surface area contributed by atoms with Crippen molar-refractivity contribution in [1.82, 2.24) is 9.55 Å². The number of anilines is 1. The normalized spacial score (nSPS) is 20.4. The van der Waals surface area contributed by atoms with Crippen molar-refractivity contribution in [1.29, 1.82) is 0 Å². The van der Waals surface area contributed by atoms with E-state index in [4.69, 9.17) is 0 Å². The lowest BCUT2D eigenvalue weighted by Gasteiger charge is -2.23. The molecular formula is C9H14N4O3. The van der Waals surface area contributed by atoms with E-state index in [1.54, 1.807) is 11.6 Å². The third-order valence-corrected chi connectivity index (χ3v) is 2.92. The van der Waals surface area contributed by atoms with Gasteiger partial charge in [0.15, 0.2) is 0 Å². The van der Waals surface area contributed by atoms with Gasteiger partial charge in [-0.25, -0.2) is 0 Å². The SMILES string of the molecule is Cn1cnc([N+](=O)[O-])c1N1CCCC1CO. The molecule has 7 heteroatoms. The molecule has 16 heavy (non-hydrogen) atoms. The molecule has 1 aliphatic heterocycles. The molecule has 1 fully saturated rings. The summed E-state index contributed by atoms with van der Waals surface area (Å²) in [7, 11) is 1.72. The van der Waals surface area contributed by atoms with E-state index in [0.29, 0.717) is 5.82 Å². The Morgan fingerprint density at radius 1 is 1.75 bits per heavy atom. The molecule has 1 aliphatic rings. The van der Waals surface area contributed by atoms with Gasteiger partial charge in [-0.2, -0.15) is 0 Å². The van der Waals surface area contributed by atoms with E-state index >= 15 is 0 Å². The van der Waals surface area contributed by atoms with E-state index in [2.05, 4.69) is 4.98 Å². The summed E-state index contributed by atoms with van der Waals surface area (Å²) in [6, 6.07) is -0.0332. The molecule has 0 aliphatic carbocycles. The summed E-state index contributed by atoms with van der Waals surface area (Å²) in [6.07, 6.45) is 3.23. The van der Waals surface area contributed by atoms with Crippen LogP contribution < -0.4 is 4.90 Å². The molecule has 1 aromatic rings. The van der Waals surface area contributed by atoms with Crippen LogP contribution in [0.3, 0.4) is 0 Å². The van der Waals surface area contributed by atoms with Gasteiger partial charge in [-0.05, 0) is 22.7 Å². The fourth-order valence-corrected chi connectivity index (χ4v) is 2.18. The summed E-state index contributed by atoms with van der Waals surface area (Å²) in [5, 5.41) is 20.0. The second-order valence-corrected chi connectivity index (χ2v) is 3.93. The first-order valence-corrected chi connectivity index (χ1v) is 5.18. The van der Waals surface area contributed by atoms with Gasteiger partial charge in [0.05, 0.1) is 12.6 Å². The van der Waals surface area contributed by atoms with Gasteiger partial charge in [0, 0.05) is 13.6 Å². The lowest BCUT2D eigenvalue weighted by molar-refractivity contribution is -0.388. The lowest BCUT2D eigenvalue weighted by atomic mass is 10.2. The summed E-state index contributed by atoms with van der Waals surface area (Å²) in [5.74, 6) is 0.351. The van der Waals surface area contributed by atoms with Gasteiger partial charge < -0.3 is 20.1 Å². The Bertz CT molecular complexity index is 403. The monoisotopic (exact) mass is 226 g/mol. The fourth-order valence-electron chi connectivity index (χ4n) is 2.18. The van der Waals surface area contributed by atoms with Crippen molar-refractivity contribution < 1.29 is 10.0 Å². The van der Waals surface area contributed by atoms with Gasteiger partial charge in [0.25, 0.3) is 0 Å². The van der Waals surface area contributed by atoms with E-state index in [9.17, 15) is 15.2 Å². The molecule has 88 valence electrons. The van der Waals surface area contributed by atoms with Crippen LogP contribution in [-0.4, -0.2) is 38.8 Å². The van der Waals surface area contributed by atoms with Crippen LogP contribution >= 0.6 is 0 Å². The number of rotatable bonds is 3. The molecule has 1 N–H and O–H groups in total. The van der Waals surface area contributed by atoms with Crippen LogP contribution in [0.2, 0.25) is 0 Å². The van der Waals surface area contributed by atoms with Gasteiger partial charge in [-0.15, -0.1) is 0 Å². The molecule has 2 rings (SSSR count). The Morgan fingerprint density at radius 3 is 3.12 bits per heavy atom. The van der Waals surface area contributed by atoms with Crippen LogP contribution in [-0.2, 0) is 7.05 Å². The quantitative estimate of drug-likeness (QED) is 0.591. The highest BCUT2D eigenvalue weighted by Crippen LogP contribution is 2.31. The topological polar surface area (TPSA) is 84.4 Å². The maximum atomic E-state index is 10.8. The zero-order valence-electron chi connectivity index (χ0n) is 9.04. The maximum Gasteiger partial charge on any atom is 0.406 e. The first-order valence-electron chi connectivity index (χ1n) is 5.18. The molecule has 7 nitrogen and oxygen atoms in total. The molecule has 0 bridgehead atoms. The summed E-state index contributed by atoms with van der Waals surface area (Å²) in [4.78, 5) is 16.0. The van der Waals surface area contributed by atoms with Crippen LogP contribution in [0, 0.1) is 10.1 Å². The molecular weight excluding hydrogens is 212 g/mol. The largest absolute Gasteiger partial charge is 0.406 e. The van der Waals surface area contributed by atoms with E-state index in [-0.39, 0.29) is 18.5 Å². The smallest absolute Gasteiger partial charge is 0.394 e. The number of nitrogens with zero attached hydrogens (tertiary/aromatic N) is 4. The lowest BCUT2D eigenvalue weighted by Crippen LogP contribution is -2.33. The molecule has 0 aromatic carbocycles. The molecule has 2 heterocycles. The second-order valence-electron chi connectivity index (χ2n) is 3.93. The number of aliphatic hydroxyl groups is 1. The molecule has 1 saturated heterocycles. The number of nitro groups is 1. The molecule has 1 aromatic heterocycles. The number of aromatic nitrogens is 2. The van der Waals surface area contributed by atoms with Crippen molar-refractivity contribution in [3.05, 3.63) is 16.4 Å². The van der Waals surface area contributed by atoms with E-state index in [1.807, 2.05) is 4.90 Å². The highest BCUT2D eigenvalue weighted by atomic mass is 16.6. The molecule has 1 atom stereocenters. The van der Waals surface area contributed by atoms with Gasteiger partial charge in [-0.3, -0.25) is 4.57 Å². The van der Waals surface area contributed by atoms with Crippen LogP contribution in [0.1, 0.15) is 12.8 Å². The zero-order chi connectivity index (χ0) is 11.7. The van der Waals surface area contributed by atoms with Crippen LogP contribution in [0.4, 0.5) is 11.6 Å². The first-order chi connectivity index (χ1) is 7.65. The summed E-state index contributed by atoms with van der Waals surface area (Å²) >= 11 is 0. The van der Waals surface area contributed by atoms with Crippen molar-refractivity contribution in [3.63, 3.8) is 0 Å². The number of aryl methyl sites for hydroxylation is 1. The third-order valence-electron chi connectivity index (χ3n) is 2.92. The average Bonchev–Trinajstić information content (AvgIpc) is 2.82. The number of imidazole rings is 1. The molecule has 1 unspecified atom stereocenters. The molecule has 0 amide bonds. The number of aliphatic hydroxyl groups excluding tert-OH is 1. The maximum absolute atomic E-state index is 10.8. The fraction of sp³-hybridized carbons (Fsp3) is 0.667. The summed E-state index contributed by atoms with van der Waals surface area (Å²) < 4.78 is 1.63. The van der Waals surface area contributed by atoms with Crippen LogP contribution in [0.25, 0.3) is 0 Å². The van der Waals surface area contributed by atoms with Crippen molar-refractivity contribution in [3.8, 4) is 0 Å². The zero-order valence-corrected chi connectivity index (χ0v) is 9.04. The summed E-state index contributed by atoms with van der Waals surface area (Å²) in [5.41, 5.74) is 0. The predicted octanol–water partition coefficient (Wildman–Crippen LogP) is 0.289. The van der Waals surface area contributed by atoms with Gasteiger partial charge in [-0.1, -0.05) is 0 Å². The molecule has 0 saturated carbocycles. The Labute approximate surface area is 92.5 Å². The van der Waals surface area contributed by atoms with Gasteiger partial charge in [0.2, 0.25) is 12.1 Å². The Balaban J connectivity index is 2.38. The Kier molecular flexibility index (Phi) is 2.78. The van der Waals surface area contributed by atoms with Crippen LogP contribution in [0.5, 0.6) is 0 Å². The Morgan fingerprint density at radius 2 is 2.50 bits per heavy atom. The van der Waals surface area contributed by atoms with Crippen molar-refractivity contribution in [2.45, 2.75) is 18.9 Å². The molecule has 0 radical (unpaired) electrons. The number of hydrogen-bond donors (Lipinski definition) is 1. The van der Waals surface area contributed by atoms with Crippen LogP contribution in [0.15, 0.2) is 6.33 Å². The minimum absolute atomic E-state index is 0.0162. The average molecular weight is 226 g/mol. The highest BCUT2D eigenvalue weighted by Gasteiger charge is 2.32. The van der Waals surface area contributed by atoms with Crippen molar-refractivity contribution in [2.75, 3.05) is 18.1 Å². The first kappa shape index (κ1) is 10.9. The van der Waals surface area contributed by atoms with E-state index in [1.165, 1.54) is 6.33 Å². The third kappa shape index (κ3) is 1.63. The minimum Gasteiger partial charge on any atom is -0.394 e. The van der Waals surface area contributed by atoms with Gasteiger partial charge in [0.1, 0.15) is 0 Å². The van der Waals surface area contributed by atoms with Crippen molar-refractivity contribution in [2.24, 2.45) is 7.05 Å². The Hall–Kier alpha value is -1.63. The predicted molar refractivity (Wildman–Crippen MR) is 57.3 cm³/mol. The van der Waals surface area contributed by atoms with E-state index in [0.717, 1.165) is 19.4 Å².